The third kappa shape index (κ3) is 3.13. The zero-order valence-corrected chi connectivity index (χ0v) is 12.6. The lowest BCUT2D eigenvalue weighted by Crippen LogP contribution is -2.41. The molecular weight excluding hydrogens is 250 g/mol. The number of hydrogen-bond donors (Lipinski definition) is 1. The van der Waals surface area contributed by atoms with E-state index in [1.165, 1.54) is 11.3 Å². The maximum absolute atomic E-state index is 6.09. The molecule has 0 bridgehead atoms. The fraction of sp³-hybridized carbons (Fsp3) is 0.688. The first-order valence-electron chi connectivity index (χ1n) is 7.82. The average Bonchev–Trinajstić information content (AvgIpc) is 2.48. The van der Waals surface area contributed by atoms with Crippen LogP contribution in [-0.2, 0) is 13.0 Å². The highest BCUT2D eigenvalue weighted by Gasteiger charge is 2.22. The van der Waals surface area contributed by atoms with E-state index in [1.54, 1.807) is 0 Å². The van der Waals surface area contributed by atoms with E-state index in [4.69, 9.17) is 4.74 Å². The van der Waals surface area contributed by atoms with Crippen molar-refractivity contribution >= 4 is 0 Å². The number of nitrogens with one attached hydrogen (secondary N) is 1. The van der Waals surface area contributed by atoms with E-state index in [-0.39, 0.29) is 0 Å². The van der Waals surface area contributed by atoms with Crippen molar-refractivity contribution in [1.82, 2.24) is 15.2 Å². The van der Waals surface area contributed by atoms with Crippen LogP contribution in [0.25, 0.3) is 0 Å². The molecule has 1 fully saturated rings. The van der Waals surface area contributed by atoms with Gasteiger partial charge >= 0.3 is 0 Å². The first-order chi connectivity index (χ1) is 9.72. The summed E-state index contributed by atoms with van der Waals surface area (Å²) >= 11 is 0. The van der Waals surface area contributed by atoms with Crippen molar-refractivity contribution in [3.63, 3.8) is 0 Å². The molecule has 2 aliphatic heterocycles. The minimum Gasteiger partial charge on any atom is -0.474 e. The van der Waals surface area contributed by atoms with Crippen molar-refractivity contribution in [2.24, 2.45) is 0 Å². The third-order valence-electron chi connectivity index (χ3n) is 4.39. The fourth-order valence-electron chi connectivity index (χ4n) is 3.06. The Balaban J connectivity index is 1.59. The highest BCUT2D eigenvalue weighted by molar-refractivity contribution is 5.27. The molecule has 110 valence electrons. The molecule has 4 nitrogen and oxygen atoms in total. The Labute approximate surface area is 121 Å². The molecule has 4 heteroatoms. The van der Waals surface area contributed by atoms with Crippen LogP contribution < -0.4 is 10.1 Å². The van der Waals surface area contributed by atoms with Gasteiger partial charge in [-0.3, -0.25) is 0 Å². The highest BCUT2D eigenvalue weighted by Crippen LogP contribution is 2.21. The molecule has 1 aromatic rings. The number of likely N-dealkylation sites (tertiary alicyclic amines) is 1. The van der Waals surface area contributed by atoms with Crippen LogP contribution in [0.5, 0.6) is 5.88 Å². The number of hydrogen-bond acceptors (Lipinski definition) is 4. The van der Waals surface area contributed by atoms with Crippen molar-refractivity contribution in [3.8, 4) is 5.88 Å². The lowest BCUT2D eigenvalue weighted by Gasteiger charge is -2.34. The Kier molecular flexibility index (Phi) is 4.22. The number of nitrogens with zero attached hydrogens (tertiary/aromatic N) is 2. The van der Waals surface area contributed by atoms with Crippen LogP contribution >= 0.6 is 0 Å². The van der Waals surface area contributed by atoms with E-state index >= 15 is 0 Å². The Morgan fingerprint density at radius 1 is 1.30 bits per heavy atom. The SMILES string of the molecule is CC(C)N1CCC(Oc2ccc3c(n2)CCNC3)CC1. The van der Waals surface area contributed by atoms with Crippen molar-refractivity contribution < 1.29 is 4.74 Å². The van der Waals surface area contributed by atoms with E-state index in [2.05, 4.69) is 35.1 Å². The van der Waals surface area contributed by atoms with Crippen LogP contribution in [0.4, 0.5) is 0 Å². The Morgan fingerprint density at radius 2 is 2.10 bits per heavy atom. The maximum Gasteiger partial charge on any atom is 0.213 e. The molecule has 0 saturated carbocycles. The van der Waals surface area contributed by atoms with Gasteiger partial charge in [-0.05, 0) is 32.3 Å². The second kappa shape index (κ2) is 6.10. The van der Waals surface area contributed by atoms with Crippen LogP contribution in [0.2, 0.25) is 0 Å². The number of rotatable bonds is 3. The Bertz CT molecular complexity index is 453. The number of fused-ring (bicyclic) bond motifs is 1. The summed E-state index contributed by atoms with van der Waals surface area (Å²) in [5.74, 6) is 0.814. The molecule has 1 aromatic heterocycles. The summed E-state index contributed by atoms with van der Waals surface area (Å²) in [6.07, 6.45) is 3.56. The van der Waals surface area contributed by atoms with E-state index in [0.29, 0.717) is 12.1 Å². The predicted molar refractivity (Wildman–Crippen MR) is 80.0 cm³/mol. The van der Waals surface area contributed by atoms with Gasteiger partial charge in [0.15, 0.2) is 0 Å². The molecule has 0 unspecified atom stereocenters. The smallest absolute Gasteiger partial charge is 0.213 e. The van der Waals surface area contributed by atoms with Crippen molar-refractivity contribution in [3.05, 3.63) is 23.4 Å². The molecule has 1 saturated heterocycles. The number of piperidine rings is 1. The van der Waals surface area contributed by atoms with E-state index in [9.17, 15) is 0 Å². The van der Waals surface area contributed by atoms with Crippen LogP contribution in [0, 0.1) is 0 Å². The van der Waals surface area contributed by atoms with Crippen LogP contribution in [0.3, 0.4) is 0 Å². The van der Waals surface area contributed by atoms with Gasteiger partial charge in [-0.2, -0.15) is 0 Å². The van der Waals surface area contributed by atoms with Crippen molar-refractivity contribution in [1.29, 1.82) is 0 Å². The van der Waals surface area contributed by atoms with Gasteiger partial charge < -0.3 is 15.0 Å². The quantitative estimate of drug-likeness (QED) is 0.915. The Morgan fingerprint density at radius 3 is 2.85 bits per heavy atom. The normalized spacial score (nSPS) is 20.9. The largest absolute Gasteiger partial charge is 0.474 e. The van der Waals surface area contributed by atoms with E-state index in [0.717, 1.165) is 51.3 Å². The topological polar surface area (TPSA) is 37.4 Å². The van der Waals surface area contributed by atoms with E-state index < -0.39 is 0 Å². The summed E-state index contributed by atoms with van der Waals surface area (Å²) in [5.41, 5.74) is 2.53. The summed E-state index contributed by atoms with van der Waals surface area (Å²) in [6, 6.07) is 4.83. The second-order valence-electron chi connectivity index (χ2n) is 6.13. The first kappa shape index (κ1) is 13.8. The molecule has 2 aliphatic rings. The molecule has 0 aromatic carbocycles. The zero-order chi connectivity index (χ0) is 13.9. The van der Waals surface area contributed by atoms with Crippen molar-refractivity contribution in [2.75, 3.05) is 19.6 Å². The van der Waals surface area contributed by atoms with Gasteiger partial charge in [0.2, 0.25) is 5.88 Å². The molecule has 3 heterocycles. The third-order valence-corrected chi connectivity index (χ3v) is 4.39. The predicted octanol–water partition coefficient (Wildman–Crippen LogP) is 1.98. The number of aromatic nitrogens is 1. The van der Waals surface area contributed by atoms with Crippen LogP contribution in [-0.4, -0.2) is 41.7 Å². The maximum atomic E-state index is 6.09. The number of pyridine rings is 1. The molecule has 0 amide bonds. The molecule has 0 aliphatic carbocycles. The molecule has 1 N–H and O–H groups in total. The summed E-state index contributed by atoms with van der Waals surface area (Å²) < 4.78 is 6.09. The molecular formula is C16H25N3O. The minimum absolute atomic E-state index is 0.331. The molecule has 20 heavy (non-hydrogen) atoms. The lowest BCUT2D eigenvalue weighted by molar-refractivity contribution is 0.0811. The highest BCUT2D eigenvalue weighted by atomic mass is 16.5. The molecule has 0 spiro atoms. The molecule has 3 rings (SSSR count). The van der Waals surface area contributed by atoms with Gasteiger partial charge in [0.25, 0.3) is 0 Å². The molecule has 0 radical (unpaired) electrons. The van der Waals surface area contributed by atoms with E-state index in [1.807, 2.05) is 6.07 Å². The fourth-order valence-corrected chi connectivity index (χ4v) is 3.06. The Hall–Kier alpha value is -1.13. The van der Waals surface area contributed by atoms with Gasteiger partial charge in [0.05, 0.1) is 5.69 Å². The molecule has 0 atom stereocenters. The standard InChI is InChI=1S/C16H25N3O/c1-12(2)19-9-6-14(7-10-19)20-16-4-3-13-11-17-8-5-15(13)18-16/h3-4,12,14,17H,5-11H2,1-2H3. The van der Waals surface area contributed by atoms with Crippen LogP contribution in [0.15, 0.2) is 12.1 Å². The summed E-state index contributed by atoms with van der Waals surface area (Å²) in [5, 5.41) is 3.37. The van der Waals surface area contributed by atoms with Crippen molar-refractivity contribution in [2.45, 2.75) is 51.8 Å². The van der Waals surface area contributed by atoms with Gasteiger partial charge in [-0.15, -0.1) is 0 Å². The monoisotopic (exact) mass is 275 g/mol. The van der Waals surface area contributed by atoms with Crippen LogP contribution in [0.1, 0.15) is 37.9 Å². The second-order valence-corrected chi connectivity index (χ2v) is 6.13. The summed E-state index contributed by atoms with van der Waals surface area (Å²) in [4.78, 5) is 7.21. The minimum atomic E-state index is 0.331. The summed E-state index contributed by atoms with van der Waals surface area (Å²) in [7, 11) is 0. The summed E-state index contributed by atoms with van der Waals surface area (Å²) in [6.45, 7) is 8.76. The lowest BCUT2D eigenvalue weighted by atomic mass is 10.1. The van der Waals surface area contributed by atoms with Gasteiger partial charge in [-0.1, -0.05) is 6.07 Å². The first-order valence-corrected chi connectivity index (χ1v) is 7.82. The number of ether oxygens (including phenoxy) is 1. The van der Waals surface area contributed by atoms with Gasteiger partial charge in [-0.25, -0.2) is 4.98 Å². The van der Waals surface area contributed by atoms with Gasteiger partial charge in [0, 0.05) is 44.7 Å². The van der Waals surface area contributed by atoms with Gasteiger partial charge in [0.1, 0.15) is 6.10 Å². The zero-order valence-electron chi connectivity index (χ0n) is 12.6. The average molecular weight is 275 g/mol.